The van der Waals surface area contributed by atoms with Crippen LogP contribution in [0.5, 0.6) is 0 Å². The van der Waals surface area contributed by atoms with Crippen LogP contribution < -0.4 is 11.1 Å². The number of ether oxygens (including phenoxy) is 1. The van der Waals surface area contributed by atoms with Crippen LogP contribution >= 0.6 is 0 Å². The molecule has 0 aliphatic rings. The van der Waals surface area contributed by atoms with Crippen molar-refractivity contribution in [3.05, 3.63) is 29.3 Å². The molecule has 0 radical (unpaired) electrons. The van der Waals surface area contributed by atoms with Crippen molar-refractivity contribution in [1.29, 1.82) is 0 Å². The van der Waals surface area contributed by atoms with Crippen molar-refractivity contribution in [2.45, 2.75) is 39.2 Å². The Hall–Kier alpha value is -1.88. The Morgan fingerprint density at radius 2 is 2.10 bits per heavy atom. The van der Waals surface area contributed by atoms with Crippen molar-refractivity contribution in [1.82, 2.24) is 0 Å². The van der Waals surface area contributed by atoms with Crippen LogP contribution in [0.3, 0.4) is 0 Å². The summed E-state index contributed by atoms with van der Waals surface area (Å²) in [7, 11) is 1.34. The minimum absolute atomic E-state index is 0.0822. The number of carbonyl (C=O) groups is 2. The molecule has 110 valence electrons. The zero-order chi connectivity index (χ0) is 15.1. The molecule has 1 atom stereocenters. The number of anilines is 1. The van der Waals surface area contributed by atoms with Crippen LogP contribution in [0, 0.1) is 6.92 Å². The van der Waals surface area contributed by atoms with Crippen molar-refractivity contribution in [3.8, 4) is 0 Å². The van der Waals surface area contributed by atoms with E-state index < -0.39 is 6.04 Å². The second-order valence-corrected chi connectivity index (χ2v) is 4.84. The third kappa shape index (κ3) is 5.01. The second kappa shape index (κ2) is 7.65. The molecule has 1 rings (SSSR count). The van der Waals surface area contributed by atoms with E-state index in [2.05, 4.69) is 10.1 Å². The van der Waals surface area contributed by atoms with E-state index in [9.17, 15) is 9.59 Å². The van der Waals surface area contributed by atoms with E-state index in [4.69, 9.17) is 5.73 Å². The van der Waals surface area contributed by atoms with Gasteiger partial charge >= 0.3 is 5.97 Å². The molecule has 0 aliphatic carbocycles. The highest BCUT2D eigenvalue weighted by Crippen LogP contribution is 2.17. The first-order chi connectivity index (χ1) is 9.43. The van der Waals surface area contributed by atoms with Crippen molar-refractivity contribution < 1.29 is 14.3 Å². The zero-order valence-corrected chi connectivity index (χ0v) is 12.2. The normalized spacial score (nSPS) is 11.8. The molecule has 1 aromatic rings. The van der Waals surface area contributed by atoms with Gasteiger partial charge in [0.25, 0.3) is 0 Å². The fourth-order valence-corrected chi connectivity index (χ4v) is 2.04. The van der Waals surface area contributed by atoms with Crippen LogP contribution in [0.4, 0.5) is 5.69 Å². The van der Waals surface area contributed by atoms with Crippen molar-refractivity contribution in [3.63, 3.8) is 0 Å². The molecule has 0 bridgehead atoms. The van der Waals surface area contributed by atoms with E-state index in [1.807, 2.05) is 25.1 Å². The summed E-state index contributed by atoms with van der Waals surface area (Å²) in [6.07, 6.45) is 2.26. The lowest BCUT2D eigenvalue weighted by Crippen LogP contribution is -2.31. The smallest absolute Gasteiger partial charge is 0.322 e. The topological polar surface area (TPSA) is 81.4 Å². The molecule has 1 amide bonds. The number of rotatable bonds is 6. The summed E-state index contributed by atoms with van der Waals surface area (Å²) in [6, 6.07) is 5.25. The van der Waals surface area contributed by atoms with Gasteiger partial charge in [0, 0.05) is 12.6 Å². The number of aryl methyl sites for hydroxylation is 2. The highest BCUT2D eigenvalue weighted by atomic mass is 16.5. The highest BCUT2D eigenvalue weighted by molar-refractivity contribution is 5.88. The molecule has 5 nitrogen and oxygen atoms in total. The maximum absolute atomic E-state index is 11.2. The standard InChI is InChI=1S/C15H22N2O3/c1-10-9-13(17-11(2)18)8-7-12(10)5-4-6-14(16)15(19)20-3/h7-9,14H,4-6,16H2,1-3H3,(H,17,18). The molecule has 0 saturated heterocycles. The van der Waals surface area contributed by atoms with Gasteiger partial charge in [0.2, 0.25) is 5.91 Å². The SMILES string of the molecule is COC(=O)C(N)CCCc1ccc(NC(C)=O)cc1C. The van der Waals surface area contributed by atoms with Gasteiger partial charge in [-0.1, -0.05) is 6.07 Å². The predicted molar refractivity (Wildman–Crippen MR) is 78.4 cm³/mol. The van der Waals surface area contributed by atoms with Gasteiger partial charge in [-0.05, 0) is 49.4 Å². The first-order valence-electron chi connectivity index (χ1n) is 6.64. The summed E-state index contributed by atoms with van der Waals surface area (Å²) in [5, 5.41) is 2.75. The third-order valence-electron chi connectivity index (χ3n) is 3.13. The molecule has 0 heterocycles. The summed E-state index contributed by atoms with van der Waals surface area (Å²) < 4.78 is 4.59. The van der Waals surface area contributed by atoms with E-state index in [-0.39, 0.29) is 11.9 Å². The van der Waals surface area contributed by atoms with E-state index >= 15 is 0 Å². The molecule has 1 unspecified atom stereocenters. The molecule has 20 heavy (non-hydrogen) atoms. The monoisotopic (exact) mass is 278 g/mol. The first kappa shape index (κ1) is 16.2. The first-order valence-corrected chi connectivity index (χ1v) is 6.64. The van der Waals surface area contributed by atoms with Crippen LogP contribution in [0.25, 0.3) is 0 Å². The summed E-state index contributed by atoms with van der Waals surface area (Å²) in [6.45, 7) is 3.48. The molecule has 0 aliphatic heterocycles. The lowest BCUT2D eigenvalue weighted by atomic mass is 10.0. The Bertz CT molecular complexity index is 486. The minimum Gasteiger partial charge on any atom is -0.468 e. The van der Waals surface area contributed by atoms with Gasteiger partial charge in [-0.15, -0.1) is 0 Å². The Morgan fingerprint density at radius 3 is 2.65 bits per heavy atom. The molecule has 0 spiro atoms. The number of amides is 1. The van der Waals surface area contributed by atoms with Gasteiger partial charge in [0.15, 0.2) is 0 Å². The Morgan fingerprint density at radius 1 is 1.40 bits per heavy atom. The molecule has 0 fully saturated rings. The highest BCUT2D eigenvalue weighted by Gasteiger charge is 2.13. The Balaban J connectivity index is 2.52. The molecule has 0 saturated carbocycles. The van der Waals surface area contributed by atoms with E-state index in [0.717, 1.165) is 24.1 Å². The van der Waals surface area contributed by atoms with Crippen LogP contribution in [0.1, 0.15) is 30.9 Å². The Labute approximate surface area is 119 Å². The van der Waals surface area contributed by atoms with Crippen molar-refractivity contribution in [2.75, 3.05) is 12.4 Å². The summed E-state index contributed by atoms with van der Waals surface area (Å²) >= 11 is 0. The number of hydrogen-bond donors (Lipinski definition) is 2. The maximum atomic E-state index is 11.2. The number of carbonyl (C=O) groups excluding carboxylic acids is 2. The van der Waals surface area contributed by atoms with Crippen LogP contribution in [-0.2, 0) is 20.7 Å². The summed E-state index contributed by atoms with van der Waals surface area (Å²) in [5.74, 6) is -0.455. The van der Waals surface area contributed by atoms with E-state index in [1.54, 1.807) is 0 Å². The van der Waals surface area contributed by atoms with Gasteiger partial charge in [0.1, 0.15) is 6.04 Å². The predicted octanol–water partition coefficient (Wildman–Crippen LogP) is 1.78. The average molecular weight is 278 g/mol. The molecular formula is C15H22N2O3. The number of nitrogens with two attached hydrogens (primary N) is 1. The third-order valence-corrected chi connectivity index (χ3v) is 3.13. The zero-order valence-electron chi connectivity index (χ0n) is 12.2. The van der Waals surface area contributed by atoms with Gasteiger partial charge in [-0.25, -0.2) is 0 Å². The van der Waals surface area contributed by atoms with Crippen LogP contribution in [0.15, 0.2) is 18.2 Å². The average Bonchev–Trinajstić information content (AvgIpc) is 2.39. The van der Waals surface area contributed by atoms with Crippen LogP contribution in [-0.4, -0.2) is 25.0 Å². The lowest BCUT2D eigenvalue weighted by Gasteiger charge is -2.11. The summed E-state index contributed by atoms with van der Waals surface area (Å²) in [4.78, 5) is 22.2. The molecule has 1 aromatic carbocycles. The van der Waals surface area contributed by atoms with E-state index in [1.165, 1.54) is 19.6 Å². The molecule has 5 heteroatoms. The second-order valence-electron chi connectivity index (χ2n) is 4.84. The minimum atomic E-state index is -0.557. The van der Waals surface area contributed by atoms with Gasteiger partial charge < -0.3 is 15.8 Å². The summed E-state index contributed by atoms with van der Waals surface area (Å²) in [5.41, 5.74) is 8.79. The fraction of sp³-hybridized carbons (Fsp3) is 0.467. The van der Waals surface area contributed by atoms with Gasteiger partial charge in [0.05, 0.1) is 7.11 Å². The Kier molecular flexibility index (Phi) is 6.18. The number of hydrogen-bond acceptors (Lipinski definition) is 4. The van der Waals surface area contributed by atoms with Crippen molar-refractivity contribution >= 4 is 17.6 Å². The number of methoxy groups -OCH3 is 1. The maximum Gasteiger partial charge on any atom is 0.322 e. The molecule has 3 N–H and O–H groups in total. The molecule has 0 aromatic heterocycles. The molecular weight excluding hydrogens is 256 g/mol. The van der Waals surface area contributed by atoms with Crippen molar-refractivity contribution in [2.24, 2.45) is 5.73 Å². The lowest BCUT2D eigenvalue weighted by molar-refractivity contribution is -0.142. The largest absolute Gasteiger partial charge is 0.468 e. The van der Waals surface area contributed by atoms with Gasteiger partial charge in [-0.2, -0.15) is 0 Å². The number of nitrogens with one attached hydrogen (secondary N) is 1. The van der Waals surface area contributed by atoms with E-state index in [0.29, 0.717) is 6.42 Å². The fourth-order valence-electron chi connectivity index (χ4n) is 2.04. The van der Waals surface area contributed by atoms with Gasteiger partial charge in [-0.3, -0.25) is 9.59 Å². The quantitative estimate of drug-likeness (QED) is 0.777. The number of benzene rings is 1. The van der Waals surface area contributed by atoms with Crippen LogP contribution in [0.2, 0.25) is 0 Å². The number of esters is 1.